The molecule has 0 bridgehead atoms. The number of hydrogen-bond acceptors (Lipinski definition) is 4. The molecule has 1 unspecified atom stereocenters. The molecule has 2 aliphatic rings. The van der Waals surface area contributed by atoms with E-state index < -0.39 is 5.92 Å². The van der Waals surface area contributed by atoms with Crippen LogP contribution in [0.3, 0.4) is 0 Å². The lowest BCUT2D eigenvalue weighted by Crippen LogP contribution is -2.32. The molecule has 1 saturated heterocycles. The monoisotopic (exact) mass is 399 g/mol. The summed E-state index contributed by atoms with van der Waals surface area (Å²) in [7, 11) is 1.55. The molecular formula is C21H22ClN3O3. The van der Waals surface area contributed by atoms with Crippen molar-refractivity contribution in [1.29, 1.82) is 0 Å². The number of hydrogen-bond donors (Lipinski definition) is 2. The highest BCUT2D eigenvalue weighted by molar-refractivity contribution is 6.31. The Labute approximate surface area is 168 Å². The van der Waals surface area contributed by atoms with Gasteiger partial charge in [-0.2, -0.15) is 0 Å². The van der Waals surface area contributed by atoms with Gasteiger partial charge in [-0.15, -0.1) is 0 Å². The lowest BCUT2D eigenvalue weighted by atomic mass is 10.1. The summed E-state index contributed by atoms with van der Waals surface area (Å²) >= 11 is 6.08. The van der Waals surface area contributed by atoms with Crippen LogP contribution in [0.5, 0.6) is 5.75 Å². The van der Waals surface area contributed by atoms with Gasteiger partial charge in [0.2, 0.25) is 11.8 Å². The number of carbonyl (C=O) groups is 2. The van der Waals surface area contributed by atoms with E-state index in [1.54, 1.807) is 30.2 Å². The zero-order valence-electron chi connectivity index (χ0n) is 15.6. The van der Waals surface area contributed by atoms with E-state index in [4.69, 9.17) is 16.3 Å². The molecule has 0 spiro atoms. The SMILES string of the molecule is COc1ccc(Cl)cc1N1CC(C(=O)NCc2ccc3c(c2)CNC3)CC1=O. The summed E-state index contributed by atoms with van der Waals surface area (Å²) < 4.78 is 5.34. The summed E-state index contributed by atoms with van der Waals surface area (Å²) in [6.45, 7) is 2.53. The number of methoxy groups -OCH3 is 1. The van der Waals surface area contributed by atoms with E-state index in [1.165, 1.54) is 11.1 Å². The van der Waals surface area contributed by atoms with Crippen LogP contribution in [-0.2, 0) is 29.2 Å². The highest BCUT2D eigenvalue weighted by Gasteiger charge is 2.36. The van der Waals surface area contributed by atoms with E-state index in [1.807, 2.05) is 6.07 Å². The maximum absolute atomic E-state index is 12.6. The van der Waals surface area contributed by atoms with Gasteiger partial charge in [-0.3, -0.25) is 9.59 Å². The van der Waals surface area contributed by atoms with Gasteiger partial charge in [0, 0.05) is 37.6 Å². The maximum atomic E-state index is 12.6. The van der Waals surface area contributed by atoms with E-state index in [0.717, 1.165) is 18.7 Å². The van der Waals surface area contributed by atoms with Crippen LogP contribution in [0.4, 0.5) is 5.69 Å². The second-order valence-electron chi connectivity index (χ2n) is 7.15. The fourth-order valence-electron chi connectivity index (χ4n) is 3.78. The van der Waals surface area contributed by atoms with Crippen molar-refractivity contribution in [2.75, 3.05) is 18.6 Å². The van der Waals surface area contributed by atoms with Crippen molar-refractivity contribution >= 4 is 29.1 Å². The second kappa shape index (κ2) is 7.81. The van der Waals surface area contributed by atoms with Crippen molar-refractivity contribution in [2.24, 2.45) is 5.92 Å². The molecule has 4 rings (SSSR count). The average Bonchev–Trinajstić information content (AvgIpc) is 3.32. The van der Waals surface area contributed by atoms with Crippen molar-refractivity contribution in [3.63, 3.8) is 0 Å². The Hall–Kier alpha value is -2.57. The molecule has 2 heterocycles. The Morgan fingerprint density at radius 2 is 2.07 bits per heavy atom. The van der Waals surface area contributed by atoms with E-state index >= 15 is 0 Å². The smallest absolute Gasteiger partial charge is 0.227 e. The van der Waals surface area contributed by atoms with Crippen molar-refractivity contribution < 1.29 is 14.3 Å². The first-order valence-electron chi connectivity index (χ1n) is 9.28. The van der Waals surface area contributed by atoms with Crippen molar-refractivity contribution in [3.8, 4) is 5.75 Å². The largest absolute Gasteiger partial charge is 0.495 e. The number of halogens is 1. The highest BCUT2D eigenvalue weighted by Crippen LogP contribution is 2.35. The van der Waals surface area contributed by atoms with Crippen LogP contribution in [0.25, 0.3) is 0 Å². The lowest BCUT2D eigenvalue weighted by Gasteiger charge is -2.20. The minimum atomic E-state index is -0.396. The summed E-state index contributed by atoms with van der Waals surface area (Å²) in [5.74, 6) is -0.0577. The van der Waals surface area contributed by atoms with Crippen LogP contribution in [0.2, 0.25) is 5.02 Å². The third kappa shape index (κ3) is 3.70. The maximum Gasteiger partial charge on any atom is 0.227 e. The molecule has 0 radical (unpaired) electrons. The zero-order chi connectivity index (χ0) is 19.7. The Bertz CT molecular complexity index is 931. The third-order valence-electron chi connectivity index (χ3n) is 5.30. The minimum absolute atomic E-state index is 0.107. The topological polar surface area (TPSA) is 70.7 Å². The standard InChI is InChI=1S/C21H22ClN3O3/c1-28-19-5-4-17(22)8-18(19)25-12-16(7-20(25)26)21(27)24-9-13-2-3-14-10-23-11-15(14)6-13/h2-6,8,16,23H,7,9-12H2,1H3,(H,24,27). The van der Waals surface area contributed by atoms with Gasteiger partial charge in [0.25, 0.3) is 0 Å². The number of carbonyl (C=O) groups excluding carboxylic acids is 2. The van der Waals surface area contributed by atoms with Gasteiger partial charge in [0.15, 0.2) is 0 Å². The molecule has 0 saturated carbocycles. The van der Waals surface area contributed by atoms with Crippen LogP contribution in [0, 0.1) is 5.92 Å². The van der Waals surface area contributed by atoms with Gasteiger partial charge in [-0.1, -0.05) is 29.8 Å². The molecule has 2 amide bonds. The summed E-state index contributed by atoms with van der Waals surface area (Å²) in [4.78, 5) is 26.7. The number of benzene rings is 2. The van der Waals surface area contributed by atoms with Crippen LogP contribution < -0.4 is 20.3 Å². The predicted octanol–water partition coefficient (Wildman–Crippen LogP) is 2.62. The lowest BCUT2D eigenvalue weighted by molar-refractivity contribution is -0.126. The summed E-state index contributed by atoms with van der Waals surface area (Å²) in [6, 6.07) is 11.4. The molecule has 28 heavy (non-hydrogen) atoms. The molecule has 0 aliphatic carbocycles. The average molecular weight is 400 g/mol. The summed E-state index contributed by atoms with van der Waals surface area (Å²) in [5, 5.41) is 6.80. The molecule has 2 aromatic rings. The summed E-state index contributed by atoms with van der Waals surface area (Å²) in [6.07, 6.45) is 0.176. The van der Waals surface area contributed by atoms with Gasteiger partial charge in [-0.05, 0) is 34.9 Å². The van der Waals surface area contributed by atoms with E-state index in [9.17, 15) is 9.59 Å². The fourth-order valence-corrected chi connectivity index (χ4v) is 3.95. The van der Waals surface area contributed by atoms with Gasteiger partial charge in [0.05, 0.1) is 18.7 Å². The molecule has 1 fully saturated rings. The molecular weight excluding hydrogens is 378 g/mol. The molecule has 7 heteroatoms. The van der Waals surface area contributed by atoms with E-state index in [-0.39, 0.29) is 18.2 Å². The number of rotatable bonds is 5. The van der Waals surface area contributed by atoms with Gasteiger partial charge >= 0.3 is 0 Å². The Balaban J connectivity index is 1.41. The van der Waals surface area contributed by atoms with E-state index in [2.05, 4.69) is 22.8 Å². The van der Waals surface area contributed by atoms with Crippen molar-refractivity contribution in [3.05, 3.63) is 58.1 Å². The number of fused-ring (bicyclic) bond motifs is 1. The van der Waals surface area contributed by atoms with Crippen LogP contribution in [-0.4, -0.2) is 25.5 Å². The van der Waals surface area contributed by atoms with Crippen molar-refractivity contribution in [1.82, 2.24) is 10.6 Å². The molecule has 2 aromatic carbocycles. The normalized spacial score (nSPS) is 18.3. The number of amides is 2. The molecule has 2 N–H and O–H groups in total. The third-order valence-corrected chi connectivity index (χ3v) is 5.53. The number of nitrogens with zero attached hydrogens (tertiary/aromatic N) is 1. The van der Waals surface area contributed by atoms with Crippen molar-refractivity contribution in [2.45, 2.75) is 26.1 Å². The molecule has 6 nitrogen and oxygen atoms in total. The fraction of sp³-hybridized carbons (Fsp3) is 0.333. The number of ether oxygens (including phenoxy) is 1. The predicted molar refractivity (Wildman–Crippen MR) is 107 cm³/mol. The molecule has 146 valence electrons. The number of anilines is 1. The van der Waals surface area contributed by atoms with Crippen LogP contribution >= 0.6 is 11.6 Å². The van der Waals surface area contributed by atoms with Crippen LogP contribution in [0.15, 0.2) is 36.4 Å². The zero-order valence-corrected chi connectivity index (χ0v) is 16.4. The summed E-state index contributed by atoms with van der Waals surface area (Å²) in [5.41, 5.74) is 4.25. The first-order valence-corrected chi connectivity index (χ1v) is 9.66. The highest BCUT2D eigenvalue weighted by atomic mass is 35.5. The quantitative estimate of drug-likeness (QED) is 0.810. The Kier molecular flexibility index (Phi) is 5.24. The van der Waals surface area contributed by atoms with Gasteiger partial charge in [0.1, 0.15) is 5.75 Å². The molecule has 0 aromatic heterocycles. The Morgan fingerprint density at radius 1 is 1.25 bits per heavy atom. The first-order chi connectivity index (χ1) is 13.5. The second-order valence-corrected chi connectivity index (χ2v) is 7.58. The number of nitrogens with one attached hydrogen (secondary N) is 2. The van der Waals surface area contributed by atoms with Gasteiger partial charge in [-0.25, -0.2) is 0 Å². The van der Waals surface area contributed by atoms with Crippen LogP contribution in [0.1, 0.15) is 23.1 Å². The minimum Gasteiger partial charge on any atom is -0.495 e. The van der Waals surface area contributed by atoms with E-state index in [0.29, 0.717) is 29.5 Å². The van der Waals surface area contributed by atoms with Gasteiger partial charge < -0.3 is 20.3 Å². The molecule has 1 atom stereocenters. The Morgan fingerprint density at radius 3 is 2.89 bits per heavy atom. The first kappa shape index (κ1) is 18.8. The molecule has 2 aliphatic heterocycles.